The van der Waals surface area contributed by atoms with Crippen molar-refractivity contribution in [2.24, 2.45) is 0 Å². The van der Waals surface area contributed by atoms with Crippen molar-refractivity contribution in [1.82, 2.24) is 10.2 Å². The van der Waals surface area contributed by atoms with Crippen molar-refractivity contribution in [2.45, 2.75) is 39.3 Å². The number of piperazine rings is 1. The van der Waals surface area contributed by atoms with Gasteiger partial charge in [-0.05, 0) is 27.7 Å². The van der Waals surface area contributed by atoms with Gasteiger partial charge in [0.1, 0.15) is 12.6 Å². The van der Waals surface area contributed by atoms with Crippen molar-refractivity contribution < 1.29 is 14.3 Å². The van der Waals surface area contributed by atoms with Gasteiger partial charge in [-0.1, -0.05) is 0 Å². The first-order chi connectivity index (χ1) is 7.31. The summed E-state index contributed by atoms with van der Waals surface area (Å²) in [6, 6.07) is -0.398. The van der Waals surface area contributed by atoms with Crippen LogP contribution in [0.2, 0.25) is 0 Å². The molecule has 5 heteroatoms. The van der Waals surface area contributed by atoms with E-state index in [1.54, 1.807) is 11.8 Å². The fraction of sp³-hybridized carbons (Fsp3) is 0.818. The number of ether oxygens (including phenoxy) is 1. The first-order valence-electron chi connectivity index (χ1n) is 5.52. The Morgan fingerprint density at radius 1 is 1.56 bits per heavy atom. The van der Waals surface area contributed by atoms with Crippen LogP contribution in [0.4, 0.5) is 0 Å². The van der Waals surface area contributed by atoms with Crippen molar-refractivity contribution in [2.75, 3.05) is 19.7 Å². The summed E-state index contributed by atoms with van der Waals surface area (Å²) >= 11 is 0. The normalized spacial score (nSPS) is 21.9. The minimum Gasteiger partial charge on any atom is -0.366 e. The summed E-state index contributed by atoms with van der Waals surface area (Å²) in [7, 11) is 0. The van der Waals surface area contributed by atoms with E-state index >= 15 is 0 Å². The number of rotatable bonds is 2. The van der Waals surface area contributed by atoms with Gasteiger partial charge in [0, 0.05) is 13.1 Å². The molecule has 1 heterocycles. The number of carbonyl (C=O) groups excluding carboxylic acids is 2. The fourth-order valence-electron chi connectivity index (χ4n) is 1.48. The average molecular weight is 228 g/mol. The lowest BCUT2D eigenvalue weighted by molar-refractivity contribution is -0.149. The van der Waals surface area contributed by atoms with Gasteiger partial charge in [-0.25, -0.2) is 0 Å². The Labute approximate surface area is 96.1 Å². The molecule has 92 valence electrons. The second-order valence-electron chi connectivity index (χ2n) is 4.96. The van der Waals surface area contributed by atoms with Crippen LogP contribution in [-0.4, -0.2) is 48.1 Å². The second-order valence-corrected chi connectivity index (χ2v) is 4.96. The molecule has 0 aliphatic carbocycles. The summed E-state index contributed by atoms with van der Waals surface area (Å²) in [5, 5.41) is 2.72. The molecule has 1 fully saturated rings. The van der Waals surface area contributed by atoms with Gasteiger partial charge in [-0.3, -0.25) is 9.59 Å². The molecule has 0 bridgehead atoms. The third-order valence-electron chi connectivity index (χ3n) is 2.45. The summed E-state index contributed by atoms with van der Waals surface area (Å²) in [4.78, 5) is 24.7. The van der Waals surface area contributed by atoms with Crippen LogP contribution in [0.3, 0.4) is 0 Å². The van der Waals surface area contributed by atoms with E-state index in [2.05, 4.69) is 5.32 Å². The van der Waals surface area contributed by atoms with Gasteiger partial charge in [0.05, 0.1) is 5.60 Å². The lowest BCUT2D eigenvalue weighted by Crippen LogP contribution is -2.56. The zero-order valence-electron chi connectivity index (χ0n) is 10.4. The van der Waals surface area contributed by atoms with E-state index in [4.69, 9.17) is 4.74 Å². The molecule has 16 heavy (non-hydrogen) atoms. The molecule has 0 aromatic rings. The Bertz CT molecular complexity index is 283. The molecule has 1 saturated heterocycles. The van der Waals surface area contributed by atoms with E-state index in [-0.39, 0.29) is 24.0 Å². The Balaban J connectivity index is 2.50. The third-order valence-corrected chi connectivity index (χ3v) is 2.45. The molecule has 0 spiro atoms. The Morgan fingerprint density at radius 3 is 2.75 bits per heavy atom. The lowest BCUT2D eigenvalue weighted by atomic mass is 10.2. The van der Waals surface area contributed by atoms with Gasteiger partial charge >= 0.3 is 0 Å². The number of hydrogen-bond donors (Lipinski definition) is 1. The zero-order valence-corrected chi connectivity index (χ0v) is 10.4. The molecule has 1 unspecified atom stereocenters. The summed E-state index contributed by atoms with van der Waals surface area (Å²) in [5.41, 5.74) is -0.336. The fourth-order valence-corrected chi connectivity index (χ4v) is 1.48. The van der Waals surface area contributed by atoms with Crippen LogP contribution in [0.5, 0.6) is 0 Å². The standard InChI is InChI=1S/C11H20N2O3/c1-8-10(15)12-5-6-13(8)9(14)7-16-11(2,3)4/h8H,5-7H2,1-4H3,(H,12,15). The first-order valence-corrected chi connectivity index (χ1v) is 5.52. The van der Waals surface area contributed by atoms with E-state index in [1.165, 1.54) is 0 Å². The predicted octanol–water partition coefficient (Wildman–Crippen LogP) is 0.148. The summed E-state index contributed by atoms with van der Waals surface area (Å²) < 4.78 is 5.40. The second kappa shape index (κ2) is 4.82. The zero-order chi connectivity index (χ0) is 12.3. The minimum atomic E-state index is -0.398. The van der Waals surface area contributed by atoms with Crippen molar-refractivity contribution in [1.29, 1.82) is 0 Å². The lowest BCUT2D eigenvalue weighted by Gasteiger charge is -2.33. The molecule has 1 aliphatic heterocycles. The van der Waals surface area contributed by atoms with Crippen LogP contribution in [-0.2, 0) is 14.3 Å². The van der Waals surface area contributed by atoms with E-state index < -0.39 is 6.04 Å². The molecule has 1 aliphatic rings. The highest BCUT2D eigenvalue weighted by Gasteiger charge is 2.29. The van der Waals surface area contributed by atoms with E-state index in [9.17, 15) is 9.59 Å². The Hall–Kier alpha value is -1.10. The van der Waals surface area contributed by atoms with Crippen LogP contribution >= 0.6 is 0 Å². The highest BCUT2D eigenvalue weighted by atomic mass is 16.5. The Morgan fingerprint density at radius 2 is 2.19 bits per heavy atom. The predicted molar refractivity (Wildman–Crippen MR) is 59.9 cm³/mol. The Kier molecular flexibility index (Phi) is 3.91. The number of hydrogen-bond acceptors (Lipinski definition) is 3. The smallest absolute Gasteiger partial charge is 0.249 e. The average Bonchev–Trinajstić information content (AvgIpc) is 2.17. The monoisotopic (exact) mass is 228 g/mol. The van der Waals surface area contributed by atoms with Crippen molar-refractivity contribution in [3.63, 3.8) is 0 Å². The topological polar surface area (TPSA) is 58.6 Å². The maximum Gasteiger partial charge on any atom is 0.249 e. The molecule has 1 rings (SSSR count). The number of amides is 2. The summed E-state index contributed by atoms with van der Waals surface area (Å²) in [6.45, 7) is 8.51. The molecule has 1 N–H and O–H groups in total. The summed E-state index contributed by atoms with van der Waals surface area (Å²) in [5.74, 6) is -0.229. The number of nitrogens with one attached hydrogen (secondary N) is 1. The minimum absolute atomic E-state index is 0.0289. The molecular formula is C11H20N2O3. The highest BCUT2D eigenvalue weighted by molar-refractivity contribution is 5.88. The quantitative estimate of drug-likeness (QED) is 0.732. The molecule has 1 atom stereocenters. The van der Waals surface area contributed by atoms with Gasteiger partial charge < -0.3 is 15.0 Å². The van der Waals surface area contributed by atoms with Gasteiger partial charge in [0.2, 0.25) is 11.8 Å². The van der Waals surface area contributed by atoms with Crippen LogP contribution < -0.4 is 5.32 Å². The van der Waals surface area contributed by atoms with E-state index in [0.717, 1.165) is 0 Å². The van der Waals surface area contributed by atoms with Gasteiger partial charge in [-0.2, -0.15) is 0 Å². The van der Waals surface area contributed by atoms with Gasteiger partial charge in [-0.15, -0.1) is 0 Å². The molecule has 0 saturated carbocycles. The van der Waals surface area contributed by atoms with Gasteiger partial charge in [0.15, 0.2) is 0 Å². The van der Waals surface area contributed by atoms with Crippen molar-refractivity contribution in [3.8, 4) is 0 Å². The SMILES string of the molecule is CC1C(=O)NCCN1C(=O)COC(C)(C)C. The number of carbonyl (C=O) groups is 2. The van der Waals surface area contributed by atoms with Crippen molar-refractivity contribution >= 4 is 11.8 Å². The van der Waals surface area contributed by atoms with Crippen LogP contribution in [0.15, 0.2) is 0 Å². The maximum absolute atomic E-state index is 11.8. The molecule has 0 aromatic carbocycles. The molecule has 5 nitrogen and oxygen atoms in total. The molecular weight excluding hydrogens is 208 g/mol. The van der Waals surface area contributed by atoms with Crippen LogP contribution in [0, 0.1) is 0 Å². The maximum atomic E-state index is 11.8. The van der Waals surface area contributed by atoms with Crippen LogP contribution in [0.25, 0.3) is 0 Å². The molecule has 0 radical (unpaired) electrons. The first kappa shape index (κ1) is 13.0. The van der Waals surface area contributed by atoms with Crippen molar-refractivity contribution in [3.05, 3.63) is 0 Å². The van der Waals surface area contributed by atoms with E-state index in [1.807, 2.05) is 20.8 Å². The highest BCUT2D eigenvalue weighted by Crippen LogP contribution is 2.09. The molecule has 0 aromatic heterocycles. The largest absolute Gasteiger partial charge is 0.366 e. The summed E-state index contributed by atoms with van der Waals surface area (Å²) in [6.07, 6.45) is 0. The number of nitrogens with zero attached hydrogens (tertiary/aromatic N) is 1. The van der Waals surface area contributed by atoms with Gasteiger partial charge in [0.25, 0.3) is 0 Å². The molecule has 2 amide bonds. The third kappa shape index (κ3) is 3.48. The van der Waals surface area contributed by atoms with E-state index in [0.29, 0.717) is 13.1 Å². The van der Waals surface area contributed by atoms with Crippen LogP contribution in [0.1, 0.15) is 27.7 Å².